The van der Waals surface area contributed by atoms with Crippen molar-refractivity contribution in [3.05, 3.63) is 46.9 Å². The van der Waals surface area contributed by atoms with Gasteiger partial charge in [0.2, 0.25) is 0 Å². The fourth-order valence-corrected chi connectivity index (χ4v) is 4.02. The lowest BCUT2D eigenvalue weighted by atomic mass is 10.1. The number of carbonyl (C=O) groups is 1. The van der Waals surface area contributed by atoms with Crippen molar-refractivity contribution in [1.82, 2.24) is 0 Å². The number of carbonyl (C=O) groups excluding carboxylic acids is 1. The topological polar surface area (TPSA) is 57.2 Å². The van der Waals surface area contributed by atoms with Crippen molar-refractivity contribution in [1.29, 1.82) is 0 Å². The van der Waals surface area contributed by atoms with E-state index in [1.807, 2.05) is 6.07 Å². The standard InChI is InChI=1S/C20H19NO5S2/c1-23-13-6-7-14(16(11-13)25-3)21-19(22)18(28-20(21)27)10-12-5-8-15(24-2)17(9-12)26-4/h5-11H,1-4H3. The zero-order valence-corrected chi connectivity index (χ0v) is 17.5. The number of thioether (sulfide) groups is 1. The molecule has 0 saturated carbocycles. The molecule has 8 heteroatoms. The predicted octanol–water partition coefficient (Wildman–Crippen LogP) is 4.13. The molecule has 1 heterocycles. The van der Waals surface area contributed by atoms with Crippen molar-refractivity contribution in [2.24, 2.45) is 0 Å². The minimum absolute atomic E-state index is 0.215. The van der Waals surface area contributed by atoms with Crippen LogP contribution in [0.25, 0.3) is 6.08 Å². The van der Waals surface area contributed by atoms with Crippen LogP contribution in [0.5, 0.6) is 23.0 Å². The molecule has 0 atom stereocenters. The summed E-state index contributed by atoms with van der Waals surface area (Å²) in [5.74, 6) is 2.13. The Morgan fingerprint density at radius 1 is 0.893 bits per heavy atom. The van der Waals surface area contributed by atoms with Crippen molar-refractivity contribution in [3.8, 4) is 23.0 Å². The Morgan fingerprint density at radius 3 is 2.25 bits per heavy atom. The lowest BCUT2D eigenvalue weighted by molar-refractivity contribution is -0.113. The first-order valence-electron chi connectivity index (χ1n) is 8.24. The number of benzene rings is 2. The van der Waals surface area contributed by atoms with Crippen molar-refractivity contribution in [3.63, 3.8) is 0 Å². The maximum atomic E-state index is 13.0. The van der Waals surface area contributed by atoms with Gasteiger partial charge in [0.1, 0.15) is 11.5 Å². The molecule has 0 N–H and O–H groups in total. The normalized spacial score (nSPS) is 15.1. The number of ether oxygens (including phenoxy) is 4. The van der Waals surface area contributed by atoms with Gasteiger partial charge in [-0.3, -0.25) is 9.69 Å². The molecule has 3 rings (SSSR count). The fourth-order valence-electron chi connectivity index (χ4n) is 2.74. The lowest BCUT2D eigenvalue weighted by Gasteiger charge is -2.18. The summed E-state index contributed by atoms with van der Waals surface area (Å²) in [6, 6.07) is 10.7. The van der Waals surface area contributed by atoms with Crippen LogP contribution in [0.1, 0.15) is 5.56 Å². The second kappa shape index (κ2) is 8.53. The van der Waals surface area contributed by atoms with Crippen molar-refractivity contribution in [2.45, 2.75) is 0 Å². The smallest absolute Gasteiger partial charge is 0.270 e. The number of thiocarbonyl (C=S) groups is 1. The second-order valence-electron chi connectivity index (χ2n) is 5.67. The van der Waals surface area contributed by atoms with E-state index in [4.69, 9.17) is 31.2 Å². The highest BCUT2D eigenvalue weighted by molar-refractivity contribution is 8.27. The van der Waals surface area contributed by atoms with E-state index >= 15 is 0 Å². The molecule has 1 aliphatic heterocycles. The first-order chi connectivity index (χ1) is 13.5. The Labute approximate surface area is 173 Å². The van der Waals surface area contributed by atoms with Gasteiger partial charge in [0, 0.05) is 6.07 Å². The average Bonchev–Trinajstić information content (AvgIpc) is 3.00. The Balaban J connectivity index is 1.95. The van der Waals surface area contributed by atoms with Gasteiger partial charge in [0.05, 0.1) is 39.0 Å². The molecule has 0 unspecified atom stereocenters. The van der Waals surface area contributed by atoms with Crippen LogP contribution in [0, 0.1) is 0 Å². The molecular weight excluding hydrogens is 398 g/mol. The van der Waals surface area contributed by atoms with Crippen LogP contribution in [-0.2, 0) is 4.79 Å². The van der Waals surface area contributed by atoms with E-state index in [0.717, 1.165) is 5.56 Å². The lowest BCUT2D eigenvalue weighted by Crippen LogP contribution is -2.27. The van der Waals surface area contributed by atoms with Crippen molar-refractivity contribution < 1.29 is 23.7 Å². The third-order valence-electron chi connectivity index (χ3n) is 4.13. The number of anilines is 1. The highest BCUT2D eigenvalue weighted by Crippen LogP contribution is 2.41. The van der Waals surface area contributed by atoms with E-state index in [2.05, 4.69) is 0 Å². The van der Waals surface area contributed by atoms with E-state index in [1.54, 1.807) is 57.7 Å². The monoisotopic (exact) mass is 417 g/mol. The van der Waals surface area contributed by atoms with E-state index < -0.39 is 0 Å². The summed E-state index contributed by atoms with van der Waals surface area (Å²) in [7, 11) is 6.25. The average molecular weight is 418 g/mol. The zero-order valence-electron chi connectivity index (χ0n) is 15.8. The Hall–Kier alpha value is -2.71. The minimum atomic E-state index is -0.215. The number of nitrogens with zero attached hydrogens (tertiary/aromatic N) is 1. The number of hydrogen-bond acceptors (Lipinski definition) is 7. The predicted molar refractivity (Wildman–Crippen MR) is 115 cm³/mol. The van der Waals surface area contributed by atoms with Crippen molar-refractivity contribution >= 4 is 46.0 Å². The van der Waals surface area contributed by atoms with Crippen LogP contribution in [-0.4, -0.2) is 38.7 Å². The quantitative estimate of drug-likeness (QED) is 0.517. The summed E-state index contributed by atoms with van der Waals surface area (Å²) < 4.78 is 21.6. The zero-order chi connectivity index (χ0) is 20.3. The maximum Gasteiger partial charge on any atom is 0.270 e. The minimum Gasteiger partial charge on any atom is -0.497 e. The number of rotatable bonds is 6. The number of methoxy groups -OCH3 is 4. The third kappa shape index (κ3) is 3.79. The molecule has 2 aromatic rings. The molecule has 146 valence electrons. The van der Waals surface area contributed by atoms with E-state index in [0.29, 0.717) is 37.9 Å². The first-order valence-corrected chi connectivity index (χ1v) is 9.46. The third-order valence-corrected chi connectivity index (χ3v) is 5.43. The van der Waals surface area contributed by atoms with Gasteiger partial charge in [-0.25, -0.2) is 0 Å². The van der Waals surface area contributed by atoms with Crippen LogP contribution in [0.4, 0.5) is 5.69 Å². The van der Waals surface area contributed by atoms with E-state index in [1.165, 1.54) is 23.8 Å². The number of amides is 1. The highest BCUT2D eigenvalue weighted by atomic mass is 32.2. The molecule has 1 aliphatic rings. The van der Waals surface area contributed by atoms with Crippen LogP contribution < -0.4 is 23.8 Å². The van der Waals surface area contributed by atoms with Gasteiger partial charge < -0.3 is 18.9 Å². The van der Waals surface area contributed by atoms with Gasteiger partial charge in [-0.2, -0.15) is 0 Å². The fraction of sp³-hybridized carbons (Fsp3) is 0.200. The van der Waals surface area contributed by atoms with E-state index in [-0.39, 0.29) is 5.91 Å². The molecule has 0 bridgehead atoms. The van der Waals surface area contributed by atoms with Gasteiger partial charge in [0.15, 0.2) is 15.8 Å². The summed E-state index contributed by atoms with van der Waals surface area (Å²) in [6.45, 7) is 0. The molecule has 1 fully saturated rings. The van der Waals surface area contributed by atoms with Crippen LogP contribution in [0.3, 0.4) is 0 Å². The van der Waals surface area contributed by atoms with Gasteiger partial charge in [-0.15, -0.1) is 0 Å². The maximum absolute atomic E-state index is 13.0. The van der Waals surface area contributed by atoms with Crippen LogP contribution in [0.15, 0.2) is 41.3 Å². The molecule has 1 saturated heterocycles. The first kappa shape index (κ1) is 20.0. The largest absolute Gasteiger partial charge is 0.497 e. The van der Waals surface area contributed by atoms with Crippen LogP contribution in [0.2, 0.25) is 0 Å². The summed E-state index contributed by atoms with van der Waals surface area (Å²) in [4.78, 5) is 15.0. The molecule has 28 heavy (non-hydrogen) atoms. The molecule has 0 spiro atoms. The number of hydrogen-bond donors (Lipinski definition) is 0. The molecule has 2 aromatic carbocycles. The SMILES string of the molecule is COc1ccc(N2C(=O)C(=Cc3ccc(OC)c(OC)c3)SC2=S)c(OC)c1. The summed E-state index contributed by atoms with van der Waals surface area (Å²) >= 11 is 6.68. The highest BCUT2D eigenvalue weighted by Gasteiger charge is 2.35. The van der Waals surface area contributed by atoms with Crippen LogP contribution >= 0.6 is 24.0 Å². The van der Waals surface area contributed by atoms with E-state index in [9.17, 15) is 4.79 Å². The summed E-state index contributed by atoms with van der Waals surface area (Å²) in [6.07, 6.45) is 1.78. The molecule has 6 nitrogen and oxygen atoms in total. The molecule has 0 aromatic heterocycles. The van der Waals surface area contributed by atoms with Gasteiger partial charge in [0.25, 0.3) is 5.91 Å². The Bertz CT molecular complexity index is 958. The molecular formula is C20H19NO5S2. The van der Waals surface area contributed by atoms with Gasteiger partial charge in [-0.05, 0) is 35.9 Å². The summed E-state index contributed by atoms with van der Waals surface area (Å²) in [5.41, 5.74) is 1.38. The Morgan fingerprint density at radius 2 is 1.61 bits per heavy atom. The van der Waals surface area contributed by atoms with Crippen molar-refractivity contribution in [2.75, 3.05) is 33.3 Å². The molecule has 1 amide bonds. The molecule has 0 radical (unpaired) electrons. The second-order valence-corrected chi connectivity index (χ2v) is 7.35. The Kier molecular flexibility index (Phi) is 6.11. The van der Waals surface area contributed by atoms with Gasteiger partial charge >= 0.3 is 0 Å². The summed E-state index contributed by atoms with van der Waals surface area (Å²) in [5, 5.41) is 0. The van der Waals surface area contributed by atoms with Gasteiger partial charge in [-0.1, -0.05) is 30.0 Å². The molecule has 0 aliphatic carbocycles.